The van der Waals surface area contributed by atoms with Crippen LogP contribution in [0.2, 0.25) is 0 Å². The summed E-state index contributed by atoms with van der Waals surface area (Å²) in [6, 6.07) is 8.40. The lowest BCUT2D eigenvalue weighted by molar-refractivity contribution is 0.613. The topological polar surface area (TPSA) is 30.7 Å². The monoisotopic (exact) mass is 339 g/mol. The molecule has 0 radical (unpaired) electrons. The first kappa shape index (κ1) is 14.6. The SMILES string of the molecule is CCn1c(SCc2ccc(Br)cc2)nnc1C(C)C. The van der Waals surface area contributed by atoms with Crippen LogP contribution in [0.5, 0.6) is 0 Å². The van der Waals surface area contributed by atoms with Crippen LogP contribution < -0.4 is 0 Å². The molecule has 0 N–H and O–H groups in total. The summed E-state index contributed by atoms with van der Waals surface area (Å²) in [6.07, 6.45) is 0. The molecule has 1 heterocycles. The van der Waals surface area contributed by atoms with Crippen LogP contribution in [0.25, 0.3) is 0 Å². The number of thioether (sulfide) groups is 1. The minimum absolute atomic E-state index is 0.412. The number of benzene rings is 1. The van der Waals surface area contributed by atoms with Gasteiger partial charge in [0.2, 0.25) is 0 Å². The van der Waals surface area contributed by atoms with Crippen molar-refractivity contribution in [3.8, 4) is 0 Å². The Morgan fingerprint density at radius 3 is 2.47 bits per heavy atom. The lowest BCUT2D eigenvalue weighted by atomic mass is 10.2. The maximum Gasteiger partial charge on any atom is 0.191 e. The Balaban J connectivity index is 2.09. The van der Waals surface area contributed by atoms with E-state index >= 15 is 0 Å². The molecule has 1 aromatic carbocycles. The van der Waals surface area contributed by atoms with E-state index in [1.807, 2.05) is 0 Å². The number of halogens is 1. The molecule has 0 aliphatic heterocycles. The van der Waals surface area contributed by atoms with Gasteiger partial charge in [-0.3, -0.25) is 0 Å². The molecule has 0 saturated carbocycles. The number of rotatable bonds is 5. The first-order chi connectivity index (χ1) is 9.11. The van der Waals surface area contributed by atoms with E-state index in [2.05, 4.69) is 75.7 Å². The third kappa shape index (κ3) is 3.60. The van der Waals surface area contributed by atoms with Crippen LogP contribution in [0.15, 0.2) is 33.9 Å². The lowest BCUT2D eigenvalue weighted by Crippen LogP contribution is -2.04. The molecule has 102 valence electrons. The van der Waals surface area contributed by atoms with Crippen molar-refractivity contribution in [2.45, 2.75) is 44.1 Å². The van der Waals surface area contributed by atoms with Gasteiger partial charge in [0.25, 0.3) is 0 Å². The summed E-state index contributed by atoms with van der Waals surface area (Å²) in [5.74, 6) is 2.40. The van der Waals surface area contributed by atoms with Crippen molar-refractivity contribution in [1.29, 1.82) is 0 Å². The Morgan fingerprint density at radius 1 is 1.21 bits per heavy atom. The van der Waals surface area contributed by atoms with Gasteiger partial charge in [-0.05, 0) is 24.6 Å². The van der Waals surface area contributed by atoms with E-state index in [9.17, 15) is 0 Å². The molecule has 2 rings (SSSR count). The van der Waals surface area contributed by atoms with Crippen LogP contribution in [-0.2, 0) is 12.3 Å². The minimum atomic E-state index is 0.412. The van der Waals surface area contributed by atoms with Gasteiger partial charge in [0.1, 0.15) is 5.82 Å². The fraction of sp³-hybridized carbons (Fsp3) is 0.429. The highest BCUT2D eigenvalue weighted by Gasteiger charge is 2.13. The van der Waals surface area contributed by atoms with Gasteiger partial charge in [-0.25, -0.2) is 0 Å². The van der Waals surface area contributed by atoms with Crippen molar-refractivity contribution in [3.05, 3.63) is 40.1 Å². The summed E-state index contributed by atoms with van der Waals surface area (Å²) < 4.78 is 3.31. The van der Waals surface area contributed by atoms with Crippen molar-refractivity contribution in [2.24, 2.45) is 0 Å². The molecule has 0 bridgehead atoms. The fourth-order valence-corrected chi connectivity index (χ4v) is 3.09. The molecule has 0 aliphatic rings. The summed E-state index contributed by atoms with van der Waals surface area (Å²) in [5.41, 5.74) is 1.30. The van der Waals surface area contributed by atoms with Gasteiger partial charge in [0, 0.05) is 22.7 Å². The molecule has 0 saturated heterocycles. The third-order valence-corrected chi connectivity index (χ3v) is 4.43. The van der Waals surface area contributed by atoms with Crippen molar-refractivity contribution in [3.63, 3.8) is 0 Å². The molecular formula is C14H18BrN3S. The quantitative estimate of drug-likeness (QED) is 0.752. The van der Waals surface area contributed by atoms with E-state index in [-0.39, 0.29) is 0 Å². The normalized spacial score (nSPS) is 11.2. The summed E-state index contributed by atoms with van der Waals surface area (Å²) >= 11 is 5.19. The molecule has 5 heteroatoms. The predicted molar refractivity (Wildman–Crippen MR) is 83.5 cm³/mol. The second-order valence-corrected chi connectivity index (χ2v) is 6.51. The highest BCUT2D eigenvalue weighted by molar-refractivity contribution is 9.10. The van der Waals surface area contributed by atoms with Gasteiger partial charge in [0.15, 0.2) is 5.16 Å². The third-order valence-electron chi connectivity index (χ3n) is 2.86. The van der Waals surface area contributed by atoms with Crippen LogP contribution in [-0.4, -0.2) is 14.8 Å². The first-order valence-corrected chi connectivity index (χ1v) is 8.20. The highest BCUT2D eigenvalue weighted by atomic mass is 79.9. The summed E-state index contributed by atoms with van der Waals surface area (Å²) in [7, 11) is 0. The summed E-state index contributed by atoms with van der Waals surface area (Å²) in [6.45, 7) is 7.36. The van der Waals surface area contributed by atoms with Crippen molar-refractivity contribution >= 4 is 27.7 Å². The maximum atomic E-state index is 4.31. The fourth-order valence-electron chi connectivity index (χ4n) is 1.86. The van der Waals surface area contributed by atoms with Gasteiger partial charge >= 0.3 is 0 Å². The smallest absolute Gasteiger partial charge is 0.191 e. The largest absolute Gasteiger partial charge is 0.306 e. The molecule has 0 atom stereocenters. The molecule has 0 fully saturated rings. The number of hydrogen-bond acceptors (Lipinski definition) is 3. The Kier molecular flexibility index (Phi) is 5.05. The van der Waals surface area contributed by atoms with E-state index in [4.69, 9.17) is 0 Å². The molecule has 0 aliphatic carbocycles. The predicted octanol–water partition coefficient (Wildman–Crippen LogP) is 4.48. The van der Waals surface area contributed by atoms with Crippen LogP contribution in [0, 0.1) is 0 Å². The van der Waals surface area contributed by atoms with E-state index in [1.54, 1.807) is 11.8 Å². The Morgan fingerprint density at radius 2 is 1.89 bits per heavy atom. The summed E-state index contributed by atoms with van der Waals surface area (Å²) in [5, 5.41) is 9.61. The number of hydrogen-bond donors (Lipinski definition) is 0. The lowest BCUT2D eigenvalue weighted by Gasteiger charge is -2.09. The van der Waals surface area contributed by atoms with Gasteiger partial charge < -0.3 is 4.57 Å². The maximum absolute atomic E-state index is 4.31. The Bertz CT molecular complexity index is 534. The Hall–Kier alpha value is -0.810. The molecule has 0 unspecified atom stereocenters. The van der Waals surface area contributed by atoms with Crippen molar-refractivity contribution in [1.82, 2.24) is 14.8 Å². The van der Waals surface area contributed by atoms with Crippen molar-refractivity contribution < 1.29 is 0 Å². The van der Waals surface area contributed by atoms with Crippen molar-refractivity contribution in [2.75, 3.05) is 0 Å². The van der Waals surface area contributed by atoms with E-state index in [1.165, 1.54) is 5.56 Å². The highest BCUT2D eigenvalue weighted by Crippen LogP contribution is 2.25. The average molecular weight is 340 g/mol. The van der Waals surface area contributed by atoms with Crippen LogP contribution >= 0.6 is 27.7 Å². The van der Waals surface area contributed by atoms with Crippen LogP contribution in [0.3, 0.4) is 0 Å². The van der Waals surface area contributed by atoms with Gasteiger partial charge in [0.05, 0.1) is 0 Å². The molecular weight excluding hydrogens is 322 g/mol. The molecule has 3 nitrogen and oxygen atoms in total. The molecule has 0 spiro atoms. The Labute approximate surface area is 126 Å². The van der Waals surface area contributed by atoms with Crippen LogP contribution in [0.4, 0.5) is 0 Å². The van der Waals surface area contributed by atoms with E-state index in [0.29, 0.717) is 5.92 Å². The molecule has 1 aromatic heterocycles. The molecule has 0 amide bonds. The number of nitrogens with zero attached hydrogens (tertiary/aromatic N) is 3. The zero-order chi connectivity index (χ0) is 13.8. The van der Waals surface area contributed by atoms with Gasteiger partial charge in [-0.2, -0.15) is 0 Å². The zero-order valence-electron chi connectivity index (χ0n) is 11.4. The standard InChI is InChI=1S/C14H18BrN3S/c1-4-18-13(10(2)3)16-17-14(18)19-9-11-5-7-12(15)8-6-11/h5-8,10H,4,9H2,1-3H3. The van der Waals surface area contributed by atoms with Gasteiger partial charge in [-0.1, -0.05) is 53.7 Å². The first-order valence-electron chi connectivity index (χ1n) is 6.42. The van der Waals surface area contributed by atoms with E-state index < -0.39 is 0 Å². The second-order valence-electron chi connectivity index (χ2n) is 4.65. The van der Waals surface area contributed by atoms with Gasteiger partial charge in [-0.15, -0.1) is 10.2 Å². The number of aromatic nitrogens is 3. The zero-order valence-corrected chi connectivity index (χ0v) is 13.8. The minimum Gasteiger partial charge on any atom is -0.306 e. The average Bonchev–Trinajstić information content (AvgIpc) is 2.81. The molecule has 19 heavy (non-hydrogen) atoms. The van der Waals surface area contributed by atoms with Crippen LogP contribution in [0.1, 0.15) is 38.1 Å². The molecule has 2 aromatic rings. The summed E-state index contributed by atoms with van der Waals surface area (Å²) in [4.78, 5) is 0. The second kappa shape index (κ2) is 6.57. The van der Waals surface area contributed by atoms with E-state index in [0.717, 1.165) is 27.8 Å².